The number of benzene rings is 1. The highest BCUT2D eigenvalue weighted by molar-refractivity contribution is 5.93. The summed E-state index contributed by atoms with van der Waals surface area (Å²) in [7, 11) is 0. The number of piperidine rings is 1. The second kappa shape index (κ2) is 10.1. The molecule has 0 bridgehead atoms. The number of nitrogens with zero attached hydrogens (tertiary/aromatic N) is 3. The summed E-state index contributed by atoms with van der Waals surface area (Å²) in [5.74, 6) is 0.219. The summed E-state index contributed by atoms with van der Waals surface area (Å²) >= 11 is 0. The standard InChI is InChI=1S/C20H29N3O/c1-2-20(24)23(18-10-6-5-7-11-18)19-12-16-22(17-13-19)15-9-4-3-8-14-21/h5-7,10-11,19H,2-4,8-9,12-13,15-17H2,1H3. The van der Waals surface area contributed by atoms with Crippen LogP contribution in [-0.2, 0) is 4.79 Å². The maximum Gasteiger partial charge on any atom is 0.226 e. The molecule has 4 heteroatoms. The third-order valence-corrected chi connectivity index (χ3v) is 4.79. The molecule has 1 aliphatic rings. The van der Waals surface area contributed by atoms with E-state index >= 15 is 0 Å². The van der Waals surface area contributed by atoms with E-state index in [-0.39, 0.29) is 5.91 Å². The number of carbonyl (C=O) groups excluding carboxylic acids is 1. The molecule has 0 N–H and O–H groups in total. The van der Waals surface area contributed by atoms with Gasteiger partial charge >= 0.3 is 0 Å². The van der Waals surface area contributed by atoms with Crippen molar-refractivity contribution in [3.05, 3.63) is 30.3 Å². The first-order valence-electron chi connectivity index (χ1n) is 9.22. The van der Waals surface area contributed by atoms with Crippen LogP contribution in [0.3, 0.4) is 0 Å². The van der Waals surface area contributed by atoms with Gasteiger partial charge in [-0.3, -0.25) is 4.79 Å². The van der Waals surface area contributed by atoms with Gasteiger partial charge in [-0.25, -0.2) is 0 Å². The van der Waals surface area contributed by atoms with Crippen LogP contribution in [0, 0.1) is 11.3 Å². The van der Waals surface area contributed by atoms with Crippen LogP contribution in [0.15, 0.2) is 30.3 Å². The number of para-hydroxylation sites is 1. The normalized spacial score (nSPS) is 15.8. The lowest BCUT2D eigenvalue weighted by molar-refractivity contribution is -0.119. The monoisotopic (exact) mass is 327 g/mol. The number of likely N-dealkylation sites (tertiary alicyclic amines) is 1. The maximum absolute atomic E-state index is 12.5. The number of rotatable bonds is 8. The molecule has 1 aliphatic heterocycles. The van der Waals surface area contributed by atoms with Crippen molar-refractivity contribution < 1.29 is 4.79 Å². The molecule has 0 spiro atoms. The molecule has 0 saturated carbocycles. The van der Waals surface area contributed by atoms with Gasteiger partial charge in [0.15, 0.2) is 0 Å². The first kappa shape index (κ1) is 18.5. The molecule has 1 saturated heterocycles. The Kier molecular flexibility index (Phi) is 7.77. The highest BCUT2D eigenvalue weighted by atomic mass is 16.2. The fourth-order valence-electron chi connectivity index (χ4n) is 3.43. The van der Waals surface area contributed by atoms with E-state index in [1.54, 1.807) is 0 Å². The van der Waals surface area contributed by atoms with Crippen LogP contribution in [0.2, 0.25) is 0 Å². The summed E-state index contributed by atoms with van der Waals surface area (Å²) in [6, 6.07) is 12.6. The Morgan fingerprint density at radius 1 is 1.21 bits per heavy atom. The Balaban J connectivity index is 1.84. The van der Waals surface area contributed by atoms with Crippen molar-refractivity contribution in [3.8, 4) is 6.07 Å². The summed E-state index contributed by atoms with van der Waals surface area (Å²) < 4.78 is 0. The Morgan fingerprint density at radius 3 is 2.54 bits per heavy atom. The molecule has 24 heavy (non-hydrogen) atoms. The first-order valence-corrected chi connectivity index (χ1v) is 9.22. The summed E-state index contributed by atoms with van der Waals surface area (Å²) in [5.41, 5.74) is 1.03. The zero-order valence-electron chi connectivity index (χ0n) is 14.8. The molecule has 1 aromatic rings. The van der Waals surface area contributed by atoms with E-state index in [0.29, 0.717) is 18.9 Å². The molecule has 4 nitrogen and oxygen atoms in total. The van der Waals surface area contributed by atoms with E-state index in [4.69, 9.17) is 5.26 Å². The molecular formula is C20H29N3O. The van der Waals surface area contributed by atoms with Crippen molar-refractivity contribution in [2.24, 2.45) is 0 Å². The van der Waals surface area contributed by atoms with E-state index in [1.807, 2.05) is 42.2 Å². The van der Waals surface area contributed by atoms with Crippen LogP contribution in [-0.4, -0.2) is 36.5 Å². The lowest BCUT2D eigenvalue weighted by atomic mass is 10.0. The smallest absolute Gasteiger partial charge is 0.226 e. The summed E-state index contributed by atoms with van der Waals surface area (Å²) in [6.45, 7) is 5.17. The van der Waals surface area contributed by atoms with Crippen LogP contribution in [0.25, 0.3) is 0 Å². The first-order chi connectivity index (χ1) is 11.8. The summed E-state index contributed by atoms with van der Waals surface area (Å²) in [6.07, 6.45) is 6.62. The van der Waals surface area contributed by atoms with E-state index in [2.05, 4.69) is 11.0 Å². The Labute approximate surface area is 146 Å². The molecule has 1 heterocycles. The Morgan fingerprint density at radius 2 is 1.92 bits per heavy atom. The van der Waals surface area contributed by atoms with E-state index < -0.39 is 0 Å². The van der Waals surface area contributed by atoms with E-state index in [1.165, 1.54) is 6.42 Å². The van der Waals surface area contributed by atoms with Crippen molar-refractivity contribution in [3.63, 3.8) is 0 Å². The van der Waals surface area contributed by atoms with Crippen LogP contribution in [0.1, 0.15) is 51.9 Å². The summed E-state index contributed by atoms with van der Waals surface area (Å²) in [5, 5.41) is 8.56. The minimum absolute atomic E-state index is 0.219. The van der Waals surface area contributed by atoms with Gasteiger partial charge in [-0.15, -0.1) is 0 Å². The fourth-order valence-corrected chi connectivity index (χ4v) is 3.43. The van der Waals surface area contributed by atoms with Crippen LogP contribution < -0.4 is 4.90 Å². The molecule has 1 aromatic carbocycles. The average molecular weight is 327 g/mol. The van der Waals surface area contributed by atoms with Crippen molar-refractivity contribution in [2.45, 2.75) is 57.9 Å². The van der Waals surface area contributed by atoms with Gasteiger partial charge in [0.2, 0.25) is 5.91 Å². The van der Waals surface area contributed by atoms with Crippen molar-refractivity contribution in [2.75, 3.05) is 24.5 Å². The van der Waals surface area contributed by atoms with Gasteiger partial charge in [-0.1, -0.05) is 31.5 Å². The average Bonchev–Trinajstić information content (AvgIpc) is 2.63. The predicted octanol–water partition coefficient (Wildman–Crippen LogP) is 3.98. The highest BCUT2D eigenvalue weighted by Gasteiger charge is 2.28. The minimum atomic E-state index is 0.219. The second-order valence-electron chi connectivity index (χ2n) is 6.49. The fraction of sp³-hybridized carbons (Fsp3) is 0.600. The molecule has 0 radical (unpaired) electrons. The van der Waals surface area contributed by atoms with Gasteiger partial charge in [0.05, 0.1) is 6.07 Å². The molecule has 2 rings (SSSR count). The number of nitriles is 1. The minimum Gasteiger partial charge on any atom is -0.309 e. The van der Waals surface area contributed by atoms with Gasteiger partial charge in [-0.05, 0) is 44.4 Å². The molecule has 1 fully saturated rings. The van der Waals surface area contributed by atoms with E-state index in [9.17, 15) is 4.79 Å². The summed E-state index contributed by atoms with van der Waals surface area (Å²) in [4.78, 5) is 17.0. The third kappa shape index (κ3) is 5.35. The van der Waals surface area contributed by atoms with Gasteiger partial charge in [0, 0.05) is 37.7 Å². The van der Waals surface area contributed by atoms with Crippen molar-refractivity contribution >= 4 is 11.6 Å². The number of amides is 1. The van der Waals surface area contributed by atoms with E-state index in [0.717, 1.165) is 51.0 Å². The zero-order chi connectivity index (χ0) is 17.2. The quantitative estimate of drug-likeness (QED) is 0.679. The lowest BCUT2D eigenvalue weighted by Crippen LogP contribution is -2.47. The predicted molar refractivity (Wildman–Crippen MR) is 97.8 cm³/mol. The second-order valence-corrected chi connectivity index (χ2v) is 6.49. The number of hydrogen-bond acceptors (Lipinski definition) is 3. The Hall–Kier alpha value is -1.86. The maximum atomic E-state index is 12.5. The van der Waals surface area contributed by atoms with Crippen molar-refractivity contribution in [1.82, 2.24) is 4.90 Å². The van der Waals surface area contributed by atoms with Crippen molar-refractivity contribution in [1.29, 1.82) is 5.26 Å². The number of anilines is 1. The molecule has 0 atom stereocenters. The SMILES string of the molecule is CCC(=O)N(c1ccccc1)C1CCN(CCCCCC#N)CC1. The van der Waals surface area contributed by atoms with Crippen LogP contribution in [0.5, 0.6) is 0 Å². The van der Waals surface area contributed by atoms with Gasteiger partial charge in [0.25, 0.3) is 0 Å². The van der Waals surface area contributed by atoms with Gasteiger partial charge < -0.3 is 9.80 Å². The number of carbonyl (C=O) groups is 1. The number of hydrogen-bond donors (Lipinski definition) is 0. The molecule has 1 amide bonds. The third-order valence-electron chi connectivity index (χ3n) is 4.79. The van der Waals surface area contributed by atoms with Crippen LogP contribution in [0.4, 0.5) is 5.69 Å². The van der Waals surface area contributed by atoms with Gasteiger partial charge in [-0.2, -0.15) is 5.26 Å². The Bertz CT molecular complexity index is 530. The van der Waals surface area contributed by atoms with Gasteiger partial charge in [0.1, 0.15) is 0 Å². The number of unbranched alkanes of at least 4 members (excludes halogenated alkanes) is 3. The largest absolute Gasteiger partial charge is 0.309 e. The molecule has 0 unspecified atom stereocenters. The molecule has 0 aromatic heterocycles. The van der Waals surface area contributed by atoms with Crippen LogP contribution >= 0.6 is 0 Å². The highest BCUT2D eigenvalue weighted by Crippen LogP contribution is 2.24. The lowest BCUT2D eigenvalue weighted by Gasteiger charge is -2.38. The zero-order valence-corrected chi connectivity index (χ0v) is 14.8. The molecule has 130 valence electrons. The molecule has 0 aliphatic carbocycles. The topological polar surface area (TPSA) is 47.3 Å². The molecular weight excluding hydrogens is 298 g/mol.